The van der Waals surface area contributed by atoms with Gasteiger partial charge in [0.1, 0.15) is 11.6 Å². The first-order chi connectivity index (χ1) is 10.0. The van der Waals surface area contributed by atoms with E-state index in [1.54, 1.807) is 18.2 Å². The van der Waals surface area contributed by atoms with Crippen molar-refractivity contribution in [2.45, 2.75) is 6.92 Å². The predicted octanol–water partition coefficient (Wildman–Crippen LogP) is 3.71. The van der Waals surface area contributed by atoms with Gasteiger partial charge in [-0.05, 0) is 43.3 Å². The zero-order valence-electron chi connectivity index (χ0n) is 11.3. The molecule has 0 fully saturated rings. The lowest BCUT2D eigenvalue weighted by Crippen LogP contribution is -2.15. The van der Waals surface area contributed by atoms with Crippen LogP contribution in [0.25, 0.3) is 0 Å². The van der Waals surface area contributed by atoms with Crippen LogP contribution in [-0.4, -0.2) is 12.5 Å². The van der Waals surface area contributed by atoms with Crippen molar-refractivity contribution in [1.29, 1.82) is 0 Å². The molecule has 110 valence electrons. The van der Waals surface area contributed by atoms with E-state index in [1.807, 2.05) is 6.92 Å². The van der Waals surface area contributed by atoms with E-state index in [2.05, 4.69) is 5.32 Å². The average Bonchev–Trinajstić information content (AvgIpc) is 2.44. The number of ether oxygens (including phenoxy) is 1. The number of carbonyl (C=O) groups excluding carboxylic acids is 1. The van der Waals surface area contributed by atoms with Crippen molar-refractivity contribution in [3.8, 4) is 5.75 Å². The zero-order valence-corrected chi connectivity index (χ0v) is 12.1. The van der Waals surface area contributed by atoms with Crippen LogP contribution in [0.2, 0.25) is 5.02 Å². The standard InChI is InChI=1S/C15H14ClFN2O2/c1-2-21-14-6-3-9(16)7-13(14)19-15(20)11-8-10(17)4-5-12(11)18/h3-8H,2,18H2,1H3,(H,19,20). The molecule has 1 amide bonds. The summed E-state index contributed by atoms with van der Waals surface area (Å²) in [6.07, 6.45) is 0. The van der Waals surface area contributed by atoms with Gasteiger partial charge in [-0.15, -0.1) is 0 Å². The zero-order chi connectivity index (χ0) is 15.4. The van der Waals surface area contributed by atoms with Gasteiger partial charge in [0, 0.05) is 10.7 Å². The summed E-state index contributed by atoms with van der Waals surface area (Å²) in [5.74, 6) is -0.592. The van der Waals surface area contributed by atoms with Gasteiger partial charge in [-0.2, -0.15) is 0 Å². The highest BCUT2D eigenvalue weighted by molar-refractivity contribution is 6.31. The van der Waals surface area contributed by atoms with Gasteiger partial charge in [0.15, 0.2) is 0 Å². The smallest absolute Gasteiger partial charge is 0.257 e. The predicted molar refractivity (Wildman–Crippen MR) is 81.4 cm³/mol. The molecule has 0 aromatic heterocycles. The second-order valence-corrected chi connectivity index (χ2v) is 4.70. The molecule has 0 heterocycles. The van der Waals surface area contributed by atoms with Crippen molar-refractivity contribution in [3.05, 3.63) is 52.8 Å². The number of anilines is 2. The molecule has 0 saturated carbocycles. The molecule has 2 aromatic carbocycles. The third kappa shape index (κ3) is 3.64. The van der Waals surface area contributed by atoms with Crippen molar-refractivity contribution in [1.82, 2.24) is 0 Å². The van der Waals surface area contributed by atoms with Crippen LogP contribution in [0.1, 0.15) is 17.3 Å². The van der Waals surface area contributed by atoms with Crippen LogP contribution in [0.15, 0.2) is 36.4 Å². The minimum Gasteiger partial charge on any atom is -0.492 e. The van der Waals surface area contributed by atoms with Crippen LogP contribution in [0.4, 0.5) is 15.8 Å². The van der Waals surface area contributed by atoms with E-state index < -0.39 is 11.7 Å². The second kappa shape index (κ2) is 6.45. The first-order valence-electron chi connectivity index (χ1n) is 6.30. The van der Waals surface area contributed by atoms with E-state index >= 15 is 0 Å². The molecular weight excluding hydrogens is 295 g/mol. The number of rotatable bonds is 4. The van der Waals surface area contributed by atoms with Gasteiger partial charge >= 0.3 is 0 Å². The molecule has 0 aliphatic carbocycles. The maximum Gasteiger partial charge on any atom is 0.257 e. The quantitative estimate of drug-likeness (QED) is 0.846. The van der Waals surface area contributed by atoms with E-state index in [0.29, 0.717) is 23.1 Å². The van der Waals surface area contributed by atoms with Crippen molar-refractivity contribution >= 4 is 28.9 Å². The minimum atomic E-state index is -0.537. The number of nitrogen functional groups attached to an aromatic ring is 1. The maximum atomic E-state index is 13.2. The molecule has 0 spiro atoms. The first-order valence-corrected chi connectivity index (χ1v) is 6.67. The van der Waals surface area contributed by atoms with Crippen molar-refractivity contribution < 1.29 is 13.9 Å². The third-order valence-corrected chi connectivity index (χ3v) is 2.98. The molecule has 0 atom stereocenters. The Kier molecular flexibility index (Phi) is 4.65. The fraction of sp³-hybridized carbons (Fsp3) is 0.133. The van der Waals surface area contributed by atoms with E-state index in [1.165, 1.54) is 12.1 Å². The van der Waals surface area contributed by atoms with Crippen molar-refractivity contribution in [2.75, 3.05) is 17.7 Å². The fourth-order valence-electron chi connectivity index (χ4n) is 1.80. The molecule has 2 rings (SSSR count). The summed E-state index contributed by atoms with van der Waals surface area (Å²) in [4.78, 5) is 12.2. The van der Waals surface area contributed by atoms with Gasteiger partial charge in [-0.3, -0.25) is 4.79 Å². The van der Waals surface area contributed by atoms with E-state index in [4.69, 9.17) is 22.1 Å². The Morgan fingerprint density at radius 1 is 1.33 bits per heavy atom. The second-order valence-electron chi connectivity index (χ2n) is 4.26. The summed E-state index contributed by atoms with van der Waals surface area (Å²) in [7, 11) is 0. The molecule has 0 unspecified atom stereocenters. The van der Waals surface area contributed by atoms with Crippen LogP contribution in [-0.2, 0) is 0 Å². The number of carbonyl (C=O) groups is 1. The molecule has 21 heavy (non-hydrogen) atoms. The van der Waals surface area contributed by atoms with Gasteiger partial charge < -0.3 is 15.8 Å². The fourth-order valence-corrected chi connectivity index (χ4v) is 1.97. The number of hydrogen-bond acceptors (Lipinski definition) is 3. The summed E-state index contributed by atoms with van der Waals surface area (Å²) in [5, 5.41) is 3.07. The molecule has 0 aliphatic heterocycles. The molecule has 2 aromatic rings. The Morgan fingerprint density at radius 3 is 2.81 bits per heavy atom. The van der Waals surface area contributed by atoms with Gasteiger partial charge in [0.2, 0.25) is 0 Å². The number of amides is 1. The highest BCUT2D eigenvalue weighted by Crippen LogP contribution is 2.29. The van der Waals surface area contributed by atoms with Gasteiger partial charge in [-0.25, -0.2) is 4.39 Å². The Hall–Kier alpha value is -2.27. The third-order valence-electron chi connectivity index (χ3n) is 2.75. The number of benzene rings is 2. The topological polar surface area (TPSA) is 64.3 Å². The average molecular weight is 309 g/mol. The van der Waals surface area contributed by atoms with Crippen molar-refractivity contribution in [3.63, 3.8) is 0 Å². The largest absolute Gasteiger partial charge is 0.492 e. The summed E-state index contributed by atoms with van der Waals surface area (Å²) < 4.78 is 18.6. The molecule has 3 N–H and O–H groups in total. The molecule has 0 aliphatic rings. The Labute approximate surface area is 126 Å². The first kappa shape index (κ1) is 15.1. The van der Waals surface area contributed by atoms with Crippen molar-refractivity contribution in [2.24, 2.45) is 0 Å². The lowest BCUT2D eigenvalue weighted by molar-refractivity contribution is 0.102. The van der Waals surface area contributed by atoms with E-state index in [0.717, 1.165) is 6.07 Å². The number of halogens is 2. The van der Waals surface area contributed by atoms with Gasteiger partial charge in [0.25, 0.3) is 5.91 Å². The molecule has 0 saturated heterocycles. The Balaban J connectivity index is 2.31. The molecule has 0 bridgehead atoms. The van der Waals surface area contributed by atoms with E-state index in [9.17, 15) is 9.18 Å². The van der Waals surface area contributed by atoms with Gasteiger partial charge in [-0.1, -0.05) is 11.6 Å². The molecule has 4 nitrogen and oxygen atoms in total. The monoisotopic (exact) mass is 308 g/mol. The normalized spacial score (nSPS) is 10.2. The lowest BCUT2D eigenvalue weighted by atomic mass is 10.1. The highest BCUT2D eigenvalue weighted by Gasteiger charge is 2.14. The maximum absolute atomic E-state index is 13.2. The number of hydrogen-bond donors (Lipinski definition) is 2. The minimum absolute atomic E-state index is 0.0532. The highest BCUT2D eigenvalue weighted by atomic mass is 35.5. The summed E-state index contributed by atoms with van der Waals surface area (Å²) in [5.41, 5.74) is 6.33. The Morgan fingerprint density at radius 2 is 2.10 bits per heavy atom. The van der Waals surface area contributed by atoms with Crippen LogP contribution in [0, 0.1) is 5.82 Å². The lowest BCUT2D eigenvalue weighted by Gasteiger charge is -2.12. The Bertz CT molecular complexity index is 677. The SMILES string of the molecule is CCOc1ccc(Cl)cc1NC(=O)c1cc(F)ccc1N. The number of nitrogens with two attached hydrogens (primary N) is 1. The molecule has 0 radical (unpaired) electrons. The van der Waals surface area contributed by atoms with E-state index in [-0.39, 0.29) is 11.3 Å². The van der Waals surface area contributed by atoms with Crippen LogP contribution in [0.3, 0.4) is 0 Å². The number of nitrogens with one attached hydrogen (secondary N) is 1. The summed E-state index contributed by atoms with van der Waals surface area (Å²) in [6.45, 7) is 2.26. The van der Waals surface area contributed by atoms with Crippen LogP contribution >= 0.6 is 11.6 Å². The van der Waals surface area contributed by atoms with Crippen LogP contribution in [0.5, 0.6) is 5.75 Å². The van der Waals surface area contributed by atoms with Gasteiger partial charge in [0.05, 0.1) is 17.9 Å². The summed E-state index contributed by atoms with van der Waals surface area (Å²) in [6, 6.07) is 8.47. The molecular formula is C15H14ClFN2O2. The molecule has 6 heteroatoms. The summed E-state index contributed by atoms with van der Waals surface area (Å²) >= 11 is 5.91. The van der Waals surface area contributed by atoms with Crippen LogP contribution < -0.4 is 15.8 Å².